The van der Waals surface area contributed by atoms with Crippen molar-refractivity contribution in [2.45, 2.75) is 25.2 Å². The molecule has 0 atom stereocenters. The van der Waals surface area contributed by atoms with Crippen molar-refractivity contribution in [3.05, 3.63) is 53.6 Å². The molecule has 2 aromatic rings. The first-order valence-electron chi connectivity index (χ1n) is 9.09. The lowest BCUT2D eigenvalue weighted by atomic mass is 10.1. The summed E-state index contributed by atoms with van der Waals surface area (Å²) in [5.41, 5.74) is 2.65. The summed E-state index contributed by atoms with van der Waals surface area (Å²) in [5.74, 6) is -0.326. The van der Waals surface area contributed by atoms with Crippen LogP contribution in [0, 0.1) is 0 Å². The van der Waals surface area contributed by atoms with Crippen LogP contribution in [0.4, 0.5) is 11.4 Å². The highest BCUT2D eigenvalue weighted by molar-refractivity contribution is 7.89. The van der Waals surface area contributed by atoms with Gasteiger partial charge in [0.25, 0.3) is 5.91 Å². The van der Waals surface area contributed by atoms with Crippen molar-refractivity contribution in [3.8, 4) is 0 Å². The molecular formula is C20H23N3O4S. The second-order valence-electron chi connectivity index (χ2n) is 6.54. The fraction of sp³-hybridized carbons (Fsp3) is 0.300. The van der Waals surface area contributed by atoms with E-state index in [2.05, 4.69) is 5.32 Å². The Bertz CT molecular complexity index is 1010. The zero-order valence-electron chi connectivity index (χ0n) is 16.1. The summed E-state index contributed by atoms with van der Waals surface area (Å²) in [6, 6.07) is 11.2. The van der Waals surface area contributed by atoms with Gasteiger partial charge in [-0.3, -0.25) is 9.59 Å². The predicted molar refractivity (Wildman–Crippen MR) is 108 cm³/mol. The van der Waals surface area contributed by atoms with Gasteiger partial charge in [0.05, 0.1) is 11.3 Å². The van der Waals surface area contributed by atoms with Crippen molar-refractivity contribution in [2.24, 2.45) is 0 Å². The first-order valence-corrected chi connectivity index (χ1v) is 10.5. The predicted octanol–water partition coefficient (Wildman–Crippen LogP) is 2.49. The second-order valence-corrected chi connectivity index (χ2v) is 8.48. The normalized spacial score (nSPS) is 13.7. The molecule has 148 valence electrons. The third-order valence-electron chi connectivity index (χ3n) is 4.87. The van der Waals surface area contributed by atoms with Gasteiger partial charge in [-0.25, -0.2) is 8.42 Å². The number of amides is 2. The van der Waals surface area contributed by atoms with Gasteiger partial charge >= 0.3 is 0 Å². The third kappa shape index (κ3) is 3.65. The Labute approximate surface area is 165 Å². The zero-order valence-corrected chi connectivity index (χ0v) is 16.9. The van der Waals surface area contributed by atoms with E-state index in [0.717, 1.165) is 11.3 Å². The van der Waals surface area contributed by atoms with Crippen molar-refractivity contribution in [1.82, 2.24) is 4.31 Å². The summed E-state index contributed by atoms with van der Waals surface area (Å²) in [4.78, 5) is 26.0. The average molecular weight is 401 g/mol. The molecule has 0 aliphatic carbocycles. The van der Waals surface area contributed by atoms with Crippen molar-refractivity contribution in [3.63, 3.8) is 0 Å². The van der Waals surface area contributed by atoms with Gasteiger partial charge in [-0.05, 0) is 48.0 Å². The molecule has 0 bridgehead atoms. The van der Waals surface area contributed by atoms with E-state index in [9.17, 15) is 18.0 Å². The van der Waals surface area contributed by atoms with Crippen molar-refractivity contribution >= 4 is 33.2 Å². The Balaban J connectivity index is 1.76. The summed E-state index contributed by atoms with van der Waals surface area (Å²) in [7, 11) is -1.83. The molecule has 0 fully saturated rings. The largest absolute Gasteiger partial charge is 0.322 e. The number of carbonyl (C=O) groups excluding carboxylic acids is 2. The molecule has 2 aromatic carbocycles. The van der Waals surface area contributed by atoms with E-state index < -0.39 is 10.0 Å². The number of hydrogen-bond donors (Lipinski definition) is 1. The second kappa shape index (κ2) is 7.73. The molecule has 0 spiro atoms. The summed E-state index contributed by atoms with van der Waals surface area (Å²) < 4.78 is 26.4. The number of likely N-dealkylation sites (N-methyl/N-ethyl adjacent to an activating group) is 1. The Morgan fingerprint density at radius 1 is 1.11 bits per heavy atom. The van der Waals surface area contributed by atoms with Gasteiger partial charge in [0.15, 0.2) is 0 Å². The van der Waals surface area contributed by atoms with Gasteiger partial charge in [-0.15, -0.1) is 0 Å². The number of nitrogens with one attached hydrogen (secondary N) is 1. The Morgan fingerprint density at radius 3 is 2.36 bits per heavy atom. The van der Waals surface area contributed by atoms with Crippen LogP contribution in [0.25, 0.3) is 0 Å². The van der Waals surface area contributed by atoms with E-state index in [1.807, 2.05) is 0 Å². The lowest BCUT2D eigenvalue weighted by Crippen LogP contribution is -2.30. The molecule has 0 radical (unpaired) electrons. The number of carbonyl (C=O) groups is 2. The third-order valence-corrected chi connectivity index (χ3v) is 6.94. The van der Waals surface area contributed by atoms with E-state index in [1.165, 1.54) is 28.6 Å². The first-order chi connectivity index (χ1) is 13.3. The van der Waals surface area contributed by atoms with Gasteiger partial charge in [0.2, 0.25) is 15.9 Å². The molecule has 0 saturated heterocycles. The molecule has 1 aliphatic rings. The molecule has 0 saturated carbocycles. The smallest absolute Gasteiger partial charge is 0.255 e. The number of anilines is 2. The highest BCUT2D eigenvalue weighted by Gasteiger charge is 2.24. The lowest BCUT2D eigenvalue weighted by molar-refractivity contribution is -0.117. The van der Waals surface area contributed by atoms with Gasteiger partial charge < -0.3 is 10.2 Å². The summed E-state index contributed by atoms with van der Waals surface area (Å²) >= 11 is 0. The van der Waals surface area contributed by atoms with E-state index >= 15 is 0 Å². The number of rotatable bonds is 6. The summed E-state index contributed by atoms with van der Waals surface area (Å²) in [6.07, 6.45) is 0.313. The SMILES string of the molecule is CCN(CC)S(=O)(=O)c1ccc(C(=O)Nc2ccc3c(c2)CC(=O)N3C)cc1. The highest BCUT2D eigenvalue weighted by Crippen LogP contribution is 2.30. The van der Waals surface area contributed by atoms with E-state index in [4.69, 9.17) is 0 Å². The number of benzene rings is 2. The van der Waals surface area contributed by atoms with E-state index in [-0.39, 0.29) is 16.7 Å². The van der Waals surface area contributed by atoms with Crippen LogP contribution in [0.1, 0.15) is 29.8 Å². The lowest BCUT2D eigenvalue weighted by Gasteiger charge is -2.18. The minimum absolute atomic E-state index is 0.0171. The molecule has 1 N–H and O–H groups in total. The van der Waals surface area contributed by atoms with Gasteiger partial charge in [0, 0.05) is 37.1 Å². The number of fused-ring (bicyclic) bond motifs is 1. The van der Waals surface area contributed by atoms with E-state index in [1.54, 1.807) is 44.0 Å². The van der Waals surface area contributed by atoms with Crippen molar-refractivity contribution in [2.75, 3.05) is 30.4 Å². The Kier molecular flexibility index (Phi) is 5.53. The van der Waals surface area contributed by atoms with Crippen LogP contribution in [0.2, 0.25) is 0 Å². The molecule has 1 aliphatic heterocycles. The summed E-state index contributed by atoms with van der Waals surface area (Å²) in [5, 5.41) is 2.79. The molecule has 0 aromatic heterocycles. The average Bonchev–Trinajstić information content (AvgIpc) is 2.96. The van der Waals surface area contributed by atoms with Crippen molar-refractivity contribution < 1.29 is 18.0 Å². The topological polar surface area (TPSA) is 86.8 Å². The van der Waals surface area contributed by atoms with Crippen LogP contribution >= 0.6 is 0 Å². The minimum atomic E-state index is -3.55. The quantitative estimate of drug-likeness (QED) is 0.806. The van der Waals surface area contributed by atoms with Crippen LogP contribution < -0.4 is 10.2 Å². The minimum Gasteiger partial charge on any atom is -0.322 e. The standard InChI is InChI=1S/C20H23N3O4S/c1-4-23(5-2)28(26,27)17-9-6-14(7-10-17)20(25)21-16-8-11-18-15(12-16)13-19(24)22(18)3/h6-12H,4-5,13H2,1-3H3,(H,21,25). The molecule has 2 amide bonds. The van der Waals surface area contributed by atoms with Gasteiger partial charge in [0.1, 0.15) is 0 Å². The van der Waals surface area contributed by atoms with Crippen LogP contribution in [-0.4, -0.2) is 44.7 Å². The summed E-state index contributed by atoms with van der Waals surface area (Å²) in [6.45, 7) is 4.34. The van der Waals surface area contributed by atoms with Crippen LogP contribution in [0.3, 0.4) is 0 Å². The van der Waals surface area contributed by atoms with Crippen molar-refractivity contribution in [1.29, 1.82) is 0 Å². The molecular weight excluding hydrogens is 378 g/mol. The Hall–Kier alpha value is -2.71. The molecule has 28 heavy (non-hydrogen) atoms. The monoisotopic (exact) mass is 401 g/mol. The molecule has 7 nitrogen and oxygen atoms in total. The van der Waals surface area contributed by atoms with Gasteiger partial charge in [-0.2, -0.15) is 4.31 Å². The maximum Gasteiger partial charge on any atom is 0.255 e. The zero-order chi connectivity index (χ0) is 20.5. The number of sulfonamides is 1. The first kappa shape index (κ1) is 20.0. The number of hydrogen-bond acceptors (Lipinski definition) is 4. The molecule has 0 unspecified atom stereocenters. The number of nitrogens with zero attached hydrogens (tertiary/aromatic N) is 2. The molecule has 8 heteroatoms. The highest BCUT2D eigenvalue weighted by atomic mass is 32.2. The maximum absolute atomic E-state index is 12.5. The van der Waals surface area contributed by atoms with Crippen LogP contribution in [0.15, 0.2) is 47.4 Å². The van der Waals surface area contributed by atoms with Crippen LogP contribution in [-0.2, 0) is 21.2 Å². The molecule has 1 heterocycles. The fourth-order valence-electron chi connectivity index (χ4n) is 3.24. The maximum atomic E-state index is 12.5. The van der Waals surface area contributed by atoms with Gasteiger partial charge in [-0.1, -0.05) is 13.8 Å². The van der Waals surface area contributed by atoms with E-state index in [0.29, 0.717) is 30.8 Å². The fourth-order valence-corrected chi connectivity index (χ4v) is 4.70. The van der Waals surface area contributed by atoms with Crippen LogP contribution in [0.5, 0.6) is 0 Å². The molecule has 3 rings (SSSR count). The Morgan fingerprint density at radius 2 is 1.75 bits per heavy atom.